The molecule has 5 heteroatoms. The van der Waals surface area contributed by atoms with E-state index >= 15 is 0 Å². The highest BCUT2D eigenvalue weighted by molar-refractivity contribution is 7.17. The lowest BCUT2D eigenvalue weighted by Crippen LogP contribution is -2.30. The Labute approximate surface area is 186 Å². The highest BCUT2D eigenvalue weighted by Gasteiger charge is 2.28. The molecule has 2 aromatic carbocycles. The van der Waals surface area contributed by atoms with Crippen LogP contribution < -0.4 is 5.32 Å². The fourth-order valence-electron chi connectivity index (χ4n) is 4.63. The van der Waals surface area contributed by atoms with E-state index in [4.69, 9.17) is 4.74 Å². The third kappa shape index (κ3) is 3.80. The maximum atomic E-state index is 12.4. The van der Waals surface area contributed by atoms with Crippen LogP contribution in [0.4, 0.5) is 0 Å². The number of benzene rings is 2. The van der Waals surface area contributed by atoms with Crippen LogP contribution in [-0.2, 0) is 11.3 Å². The number of hydrogen-bond acceptors (Lipinski definition) is 4. The SMILES string of the molecule is CCOC(=O)c1cc2scc3c2n1CCC3NCC(c1ccccc1)c1ccccc1. The van der Waals surface area contributed by atoms with Gasteiger partial charge in [-0.1, -0.05) is 60.7 Å². The van der Waals surface area contributed by atoms with E-state index in [2.05, 4.69) is 75.9 Å². The molecule has 5 rings (SSSR count). The molecule has 0 saturated carbocycles. The number of nitrogens with zero attached hydrogens (tertiary/aromatic N) is 1. The van der Waals surface area contributed by atoms with E-state index in [-0.39, 0.29) is 12.0 Å². The summed E-state index contributed by atoms with van der Waals surface area (Å²) in [5.41, 5.74) is 5.80. The molecule has 1 aliphatic heterocycles. The molecule has 0 aliphatic carbocycles. The average Bonchev–Trinajstić information content (AvgIpc) is 3.40. The molecule has 2 aromatic heterocycles. The maximum Gasteiger partial charge on any atom is 0.355 e. The molecular weight excluding hydrogens is 404 g/mol. The zero-order chi connectivity index (χ0) is 21.2. The van der Waals surface area contributed by atoms with Gasteiger partial charge in [0.05, 0.1) is 16.8 Å². The van der Waals surface area contributed by atoms with Gasteiger partial charge in [0, 0.05) is 30.6 Å². The first kappa shape index (κ1) is 20.0. The monoisotopic (exact) mass is 430 g/mol. The van der Waals surface area contributed by atoms with Crippen LogP contribution in [0.15, 0.2) is 72.1 Å². The molecule has 1 N–H and O–H groups in total. The fourth-order valence-corrected chi connectivity index (χ4v) is 5.68. The van der Waals surface area contributed by atoms with Crippen LogP contribution in [0.25, 0.3) is 10.2 Å². The average molecular weight is 431 g/mol. The van der Waals surface area contributed by atoms with Crippen molar-refractivity contribution in [2.45, 2.75) is 31.8 Å². The van der Waals surface area contributed by atoms with E-state index in [1.165, 1.54) is 22.2 Å². The topological polar surface area (TPSA) is 43.3 Å². The summed E-state index contributed by atoms with van der Waals surface area (Å²) in [5.74, 6) is 0.0665. The summed E-state index contributed by atoms with van der Waals surface area (Å²) in [5, 5.41) is 6.09. The van der Waals surface area contributed by atoms with Crippen molar-refractivity contribution in [3.63, 3.8) is 0 Å². The number of esters is 1. The molecule has 158 valence electrons. The standard InChI is InChI=1S/C26H26N2O2S/c1-2-30-26(29)23-15-24-25-21(17-31-24)22(13-14-28(23)25)27-16-20(18-9-5-3-6-10-18)19-11-7-4-8-12-19/h3-12,15,17,20,22,27H,2,13-14,16H2,1H3. The molecule has 1 aliphatic rings. The number of aryl methyl sites for hydroxylation is 1. The lowest BCUT2D eigenvalue weighted by molar-refractivity contribution is 0.0513. The summed E-state index contributed by atoms with van der Waals surface area (Å²) in [6.45, 7) is 3.93. The van der Waals surface area contributed by atoms with Crippen LogP contribution in [0.3, 0.4) is 0 Å². The Kier molecular flexibility index (Phi) is 5.62. The van der Waals surface area contributed by atoms with Gasteiger partial charge >= 0.3 is 5.97 Å². The molecule has 0 saturated heterocycles. The Morgan fingerprint density at radius 2 is 1.81 bits per heavy atom. The van der Waals surface area contributed by atoms with Crippen molar-refractivity contribution in [3.8, 4) is 0 Å². The summed E-state index contributed by atoms with van der Waals surface area (Å²) in [4.78, 5) is 12.4. The van der Waals surface area contributed by atoms with Crippen LogP contribution in [0.1, 0.15) is 52.5 Å². The van der Waals surface area contributed by atoms with Crippen molar-refractivity contribution in [1.29, 1.82) is 0 Å². The molecule has 0 radical (unpaired) electrons. The quantitative estimate of drug-likeness (QED) is 0.380. The number of aromatic nitrogens is 1. The molecule has 0 bridgehead atoms. The molecule has 4 nitrogen and oxygen atoms in total. The Balaban J connectivity index is 1.41. The highest BCUT2D eigenvalue weighted by Crippen LogP contribution is 2.39. The Morgan fingerprint density at radius 3 is 2.45 bits per heavy atom. The maximum absolute atomic E-state index is 12.4. The molecular formula is C26H26N2O2S. The van der Waals surface area contributed by atoms with Gasteiger partial charge in [-0.05, 0) is 35.9 Å². The van der Waals surface area contributed by atoms with Crippen LogP contribution >= 0.6 is 11.3 Å². The second kappa shape index (κ2) is 8.69. The Bertz CT molecular complexity index is 1140. The third-order valence-electron chi connectivity index (χ3n) is 6.12. The van der Waals surface area contributed by atoms with Crippen molar-refractivity contribution < 1.29 is 9.53 Å². The van der Waals surface area contributed by atoms with Gasteiger partial charge in [-0.25, -0.2) is 4.79 Å². The molecule has 1 unspecified atom stereocenters. The second-order valence-corrected chi connectivity index (χ2v) is 8.84. The highest BCUT2D eigenvalue weighted by atomic mass is 32.1. The second-order valence-electron chi connectivity index (χ2n) is 7.93. The van der Waals surface area contributed by atoms with Gasteiger partial charge in [0.2, 0.25) is 0 Å². The van der Waals surface area contributed by atoms with Crippen LogP contribution in [0.2, 0.25) is 0 Å². The summed E-state index contributed by atoms with van der Waals surface area (Å²) >= 11 is 1.71. The van der Waals surface area contributed by atoms with Gasteiger partial charge in [-0.15, -0.1) is 11.3 Å². The van der Waals surface area contributed by atoms with E-state index < -0.39 is 0 Å². The number of ether oxygens (including phenoxy) is 1. The van der Waals surface area contributed by atoms with E-state index in [1.54, 1.807) is 11.3 Å². The van der Waals surface area contributed by atoms with E-state index in [1.807, 2.05) is 13.0 Å². The van der Waals surface area contributed by atoms with E-state index in [9.17, 15) is 4.79 Å². The normalized spacial score (nSPS) is 15.5. The predicted octanol–water partition coefficient (Wildman–Crippen LogP) is 5.75. The van der Waals surface area contributed by atoms with Crippen LogP contribution in [0.5, 0.6) is 0 Å². The number of thiophene rings is 1. The smallest absolute Gasteiger partial charge is 0.355 e. The van der Waals surface area contributed by atoms with E-state index in [0.717, 1.165) is 24.2 Å². The number of carbonyl (C=O) groups is 1. The third-order valence-corrected chi connectivity index (χ3v) is 7.06. The van der Waals surface area contributed by atoms with Crippen molar-refractivity contribution in [2.75, 3.05) is 13.2 Å². The zero-order valence-electron chi connectivity index (χ0n) is 17.6. The summed E-state index contributed by atoms with van der Waals surface area (Å²) in [6.07, 6.45) is 0.955. The number of hydrogen-bond donors (Lipinski definition) is 1. The first-order valence-electron chi connectivity index (χ1n) is 10.9. The van der Waals surface area contributed by atoms with Gasteiger partial charge in [0.15, 0.2) is 0 Å². The zero-order valence-corrected chi connectivity index (χ0v) is 18.4. The molecule has 0 spiro atoms. The van der Waals surface area contributed by atoms with Gasteiger partial charge in [-0.3, -0.25) is 0 Å². The summed E-state index contributed by atoms with van der Waals surface area (Å²) in [7, 11) is 0. The first-order valence-corrected chi connectivity index (χ1v) is 11.7. The van der Waals surface area contributed by atoms with Gasteiger partial charge in [0.1, 0.15) is 5.69 Å². The van der Waals surface area contributed by atoms with Crippen molar-refractivity contribution >= 4 is 27.5 Å². The van der Waals surface area contributed by atoms with Gasteiger partial charge < -0.3 is 14.6 Å². The number of carbonyl (C=O) groups excluding carboxylic acids is 1. The Hall–Kier alpha value is -2.89. The molecule has 1 atom stereocenters. The first-order chi connectivity index (χ1) is 15.3. The minimum Gasteiger partial charge on any atom is -0.461 e. The number of nitrogens with one attached hydrogen (secondary N) is 1. The molecule has 4 aromatic rings. The largest absolute Gasteiger partial charge is 0.461 e. The molecule has 3 heterocycles. The molecule has 0 fully saturated rings. The molecule has 0 amide bonds. The van der Waals surface area contributed by atoms with Gasteiger partial charge in [0.25, 0.3) is 0 Å². The Morgan fingerprint density at radius 1 is 1.13 bits per heavy atom. The summed E-state index contributed by atoms with van der Waals surface area (Å²) < 4.78 is 8.57. The minimum atomic E-state index is -0.225. The van der Waals surface area contributed by atoms with E-state index in [0.29, 0.717) is 18.2 Å². The number of rotatable bonds is 7. The van der Waals surface area contributed by atoms with Gasteiger partial charge in [-0.2, -0.15) is 0 Å². The van der Waals surface area contributed by atoms with Crippen molar-refractivity contribution in [1.82, 2.24) is 9.88 Å². The summed E-state index contributed by atoms with van der Waals surface area (Å²) in [6, 6.07) is 23.7. The lowest BCUT2D eigenvalue weighted by Gasteiger charge is -2.27. The van der Waals surface area contributed by atoms with Crippen molar-refractivity contribution in [2.24, 2.45) is 0 Å². The fraction of sp³-hybridized carbons (Fsp3) is 0.269. The van der Waals surface area contributed by atoms with Crippen LogP contribution in [0, 0.1) is 0 Å². The predicted molar refractivity (Wildman–Crippen MR) is 126 cm³/mol. The molecule has 31 heavy (non-hydrogen) atoms. The van der Waals surface area contributed by atoms with Crippen LogP contribution in [-0.4, -0.2) is 23.7 Å². The van der Waals surface area contributed by atoms with Crippen molar-refractivity contribution in [3.05, 3.63) is 94.5 Å². The lowest BCUT2D eigenvalue weighted by atomic mass is 9.90. The minimum absolute atomic E-state index is 0.225.